The quantitative estimate of drug-likeness (QED) is 0.593. The maximum Gasteiger partial charge on any atom is 0.262 e. The van der Waals surface area contributed by atoms with Crippen molar-refractivity contribution in [2.75, 3.05) is 6.61 Å². The molecule has 0 aliphatic carbocycles. The Morgan fingerprint density at radius 1 is 1.04 bits per heavy atom. The lowest BCUT2D eigenvalue weighted by Crippen LogP contribution is -1.91. The monoisotopic (exact) mass is 332 g/mol. The molecular weight excluding hydrogens is 316 g/mol. The van der Waals surface area contributed by atoms with Crippen molar-refractivity contribution >= 4 is 0 Å². The molecule has 1 N–H and O–H groups in total. The lowest BCUT2D eigenvalue weighted by Gasteiger charge is -2.03. The van der Waals surface area contributed by atoms with E-state index in [0.717, 1.165) is 28.1 Å². The summed E-state index contributed by atoms with van der Waals surface area (Å²) in [5.41, 5.74) is 3.46. The van der Waals surface area contributed by atoms with Gasteiger partial charge < -0.3 is 9.26 Å². The molecule has 2 aromatic carbocycles. The molecule has 0 fully saturated rings. The van der Waals surface area contributed by atoms with Gasteiger partial charge in [-0.15, -0.1) is 0 Å². The number of H-pyrrole nitrogens is 1. The summed E-state index contributed by atoms with van der Waals surface area (Å²) in [6.07, 6.45) is 1.69. The predicted octanol–water partition coefficient (Wildman–Crippen LogP) is 4.19. The lowest BCUT2D eigenvalue weighted by atomic mass is 10.1. The van der Waals surface area contributed by atoms with Crippen molar-refractivity contribution in [3.63, 3.8) is 0 Å². The predicted molar refractivity (Wildman–Crippen MR) is 93.9 cm³/mol. The van der Waals surface area contributed by atoms with Crippen LogP contribution in [0.5, 0.6) is 5.75 Å². The third-order valence-corrected chi connectivity index (χ3v) is 3.76. The fourth-order valence-corrected chi connectivity index (χ4v) is 2.61. The van der Waals surface area contributed by atoms with Gasteiger partial charge in [0.25, 0.3) is 5.89 Å². The Labute approximate surface area is 144 Å². The second-order valence-corrected chi connectivity index (χ2v) is 5.41. The Kier molecular flexibility index (Phi) is 4.00. The Balaban J connectivity index is 1.69. The van der Waals surface area contributed by atoms with Gasteiger partial charge in [-0.05, 0) is 19.1 Å². The smallest absolute Gasteiger partial charge is 0.262 e. The zero-order chi connectivity index (χ0) is 17.1. The standard InChI is InChI=1S/C19H16N4O2/c1-2-24-15-10-6-9-14(11-15)18-21-19(25-23-18)16-12-20-22-17(16)13-7-4-3-5-8-13/h3-12H,2H2,1H3,(H,20,22). The highest BCUT2D eigenvalue weighted by Crippen LogP contribution is 2.30. The number of rotatable bonds is 5. The lowest BCUT2D eigenvalue weighted by molar-refractivity contribution is 0.340. The van der Waals surface area contributed by atoms with Gasteiger partial charge in [-0.1, -0.05) is 47.6 Å². The molecule has 4 aromatic rings. The van der Waals surface area contributed by atoms with Crippen LogP contribution in [0, 0.1) is 0 Å². The van der Waals surface area contributed by atoms with Crippen LogP contribution in [0.3, 0.4) is 0 Å². The molecule has 0 amide bonds. The molecule has 2 heterocycles. The van der Waals surface area contributed by atoms with Gasteiger partial charge >= 0.3 is 0 Å². The number of ether oxygens (including phenoxy) is 1. The number of benzene rings is 2. The molecule has 124 valence electrons. The van der Waals surface area contributed by atoms with Gasteiger partial charge in [0, 0.05) is 11.1 Å². The average molecular weight is 332 g/mol. The normalized spacial score (nSPS) is 10.8. The first-order chi connectivity index (χ1) is 12.3. The number of nitrogens with zero attached hydrogens (tertiary/aromatic N) is 3. The molecule has 0 unspecified atom stereocenters. The van der Waals surface area contributed by atoms with Crippen LogP contribution >= 0.6 is 0 Å². The minimum Gasteiger partial charge on any atom is -0.494 e. The summed E-state index contributed by atoms with van der Waals surface area (Å²) in [5, 5.41) is 11.2. The Morgan fingerprint density at radius 3 is 2.72 bits per heavy atom. The molecule has 0 spiro atoms. The molecule has 0 radical (unpaired) electrons. The fourth-order valence-electron chi connectivity index (χ4n) is 2.61. The van der Waals surface area contributed by atoms with E-state index in [-0.39, 0.29) is 0 Å². The summed E-state index contributed by atoms with van der Waals surface area (Å²) in [4.78, 5) is 4.52. The maximum atomic E-state index is 5.52. The van der Waals surface area contributed by atoms with E-state index in [2.05, 4.69) is 20.3 Å². The summed E-state index contributed by atoms with van der Waals surface area (Å²) < 4.78 is 11.0. The zero-order valence-electron chi connectivity index (χ0n) is 13.6. The molecular formula is C19H16N4O2. The largest absolute Gasteiger partial charge is 0.494 e. The SMILES string of the molecule is CCOc1cccc(-c2noc(-c3cn[nH]c3-c3ccccc3)n2)c1. The first-order valence-corrected chi connectivity index (χ1v) is 8.01. The Hall–Kier alpha value is -3.41. The molecule has 0 aliphatic rings. The number of hydrogen-bond acceptors (Lipinski definition) is 5. The van der Waals surface area contributed by atoms with E-state index in [4.69, 9.17) is 9.26 Å². The Morgan fingerprint density at radius 2 is 1.88 bits per heavy atom. The molecule has 0 atom stereocenters. The van der Waals surface area contributed by atoms with E-state index < -0.39 is 0 Å². The van der Waals surface area contributed by atoms with Crippen LogP contribution in [0.4, 0.5) is 0 Å². The molecule has 0 saturated carbocycles. The minimum absolute atomic E-state index is 0.421. The first kappa shape index (κ1) is 15.1. The van der Waals surface area contributed by atoms with Crippen molar-refractivity contribution in [1.29, 1.82) is 0 Å². The van der Waals surface area contributed by atoms with Crippen LogP contribution in [-0.2, 0) is 0 Å². The van der Waals surface area contributed by atoms with Gasteiger partial charge in [0.15, 0.2) is 0 Å². The van der Waals surface area contributed by atoms with Crippen LogP contribution < -0.4 is 4.74 Å². The highest BCUT2D eigenvalue weighted by atomic mass is 16.5. The van der Waals surface area contributed by atoms with Crippen molar-refractivity contribution < 1.29 is 9.26 Å². The van der Waals surface area contributed by atoms with Crippen LogP contribution in [0.1, 0.15) is 6.92 Å². The third-order valence-electron chi connectivity index (χ3n) is 3.76. The maximum absolute atomic E-state index is 5.52. The highest BCUT2D eigenvalue weighted by molar-refractivity contribution is 5.76. The summed E-state index contributed by atoms with van der Waals surface area (Å²) in [5.74, 6) is 1.71. The van der Waals surface area contributed by atoms with Gasteiger partial charge in [0.1, 0.15) is 5.75 Å². The summed E-state index contributed by atoms with van der Waals surface area (Å²) in [6.45, 7) is 2.56. The molecule has 6 heteroatoms. The highest BCUT2D eigenvalue weighted by Gasteiger charge is 2.17. The fraction of sp³-hybridized carbons (Fsp3) is 0.105. The molecule has 0 aliphatic heterocycles. The van der Waals surface area contributed by atoms with Gasteiger partial charge in [-0.25, -0.2) is 0 Å². The zero-order valence-corrected chi connectivity index (χ0v) is 13.6. The van der Waals surface area contributed by atoms with E-state index in [9.17, 15) is 0 Å². The van der Waals surface area contributed by atoms with Crippen molar-refractivity contribution in [1.82, 2.24) is 20.3 Å². The van der Waals surface area contributed by atoms with E-state index >= 15 is 0 Å². The van der Waals surface area contributed by atoms with Crippen LogP contribution in [0.2, 0.25) is 0 Å². The number of hydrogen-bond donors (Lipinski definition) is 1. The second kappa shape index (κ2) is 6.60. The Bertz CT molecular complexity index is 976. The second-order valence-electron chi connectivity index (χ2n) is 5.41. The van der Waals surface area contributed by atoms with Crippen molar-refractivity contribution in [2.24, 2.45) is 0 Å². The molecule has 2 aromatic heterocycles. The van der Waals surface area contributed by atoms with E-state index in [1.165, 1.54) is 0 Å². The van der Waals surface area contributed by atoms with Gasteiger partial charge in [0.05, 0.1) is 24.1 Å². The molecule has 0 bridgehead atoms. The number of nitrogens with one attached hydrogen (secondary N) is 1. The van der Waals surface area contributed by atoms with Crippen LogP contribution in [0.25, 0.3) is 34.1 Å². The average Bonchev–Trinajstić information content (AvgIpc) is 3.32. The van der Waals surface area contributed by atoms with Gasteiger partial charge in [-0.2, -0.15) is 10.1 Å². The van der Waals surface area contributed by atoms with Crippen LogP contribution in [0.15, 0.2) is 65.3 Å². The topological polar surface area (TPSA) is 76.8 Å². The van der Waals surface area contributed by atoms with Crippen LogP contribution in [-0.4, -0.2) is 26.9 Å². The molecule has 6 nitrogen and oxygen atoms in total. The van der Waals surface area contributed by atoms with E-state index in [1.54, 1.807) is 6.20 Å². The summed E-state index contributed by atoms with van der Waals surface area (Å²) in [6, 6.07) is 17.5. The summed E-state index contributed by atoms with van der Waals surface area (Å²) in [7, 11) is 0. The van der Waals surface area contributed by atoms with Gasteiger partial charge in [-0.3, -0.25) is 5.10 Å². The summed E-state index contributed by atoms with van der Waals surface area (Å²) >= 11 is 0. The number of aromatic amines is 1. The molecule has 25 heavy (non-hydrogen) atoms. The minimum atomic E-state index is 0.421. The molecule has 4 rings (SSSR count). The van der Waals surface area contributed by atoms with Gasteiger partial charge in [0.2, 0.25) is 5.82 Å². The van der Waals surface area contributed by atoms with Crippen molar-refractivity contribution in [3.05, 3.63) is 60.8 Å². The third kappa shape index (κ3) is 3.01. The van der Waals surface area contributed by atoms with E-state index in [1.807, 2.05) is 61.5 Å². The first-order valence-electron chi connectivity index (χ1n) is 8.01. The van der Waals surface area contributed by atoms with Crippen molar-refractivity contribution in [3.8, 4) is 39.8 Å². The number of aromatic nitrogens is 4. The van der Waals surface area contributed by atoms with E-state index in [0.29, 0.717) is 18.3 Å². The molecule has 0 saturated heterocycles. The van der Waals surface area contributed by atoms with Crippen molar-refractivity contribution in [2.45, 2.75) is 6.92 Å².